The highest BCUT2D eigenvalue weighted by atomic mass is 35.5. The number of halogens is 1. The Hall–Kier alpha value is -1.98. The SMILES string of the molecule is CC(C)(Oc1ccc(Cl)cc1)C(=O)NCC(c1ccco1)N1CCCC1. The Morgan fingerprint density at radius 3 is 2.58 bits per heavy atom. The number of hydrogen-bond acceptors (Lipinski definition) is 4. The zero-order chi connectivity index (χ0) is 18.6. The van der Waals surface area contributed by atoms with Gasteiger partial charge in [0.1, 0.15) is 11.5 Å². The van der Waals surface area contributed by atoms with Crippen LogP contribution in [0.3, 0.4) is 0 Å². The zero-order valence-electron chi connectivity index (χ0n) is 15.2. The van der Waals surface area contributed by atoms with Gasteiger partial charge in [-0.25, -0.2) is 0 Å². The molecule has 5 nitrogen and oxygen atoms in total. The molecule has 140 valence electrons. The highest BCUT2D eigenvalue weighted by molar-refractivity contribution is 6.30. The van der Waals surface area contributed by atoms with Crippen LogP contribution in [0.4, 0.5) is 0 Å². The van der Waals surface area contributed by atoms with E-state index in [9.17, 15) is 4.79 Å². The van der Waals surface area contributed by atoms with E-state index in [0.717, 1.165) is 18.8 Å². The van der Waals surface area contributed by atoms with E-state index in [0.29, 0.717) is 17.3 Å². The minimum Gasteiger partial charge on any atom is -0.478 e. The van der Waals surface area contributed by atoms with Crippen LogP contribution >= 0.6 is 11.6 Å². The van der Waals surface area contributed by atoms with Crippen LogP contribution in [0.15, 0.2) is 47.1 Å². The second kappa shape index (κ2) is 8.14. The summed E-state index contributed by atoms with van der Waals surface area (Å²) in [7, 11) is 0. The number of furan rings is 1. The molecule has 0 radical (unpaired) electrons. The average Bonchev–Trinajstić information content (AvgIpc) is 3.31. The predicted octanol–water partition coefficient (Wildman–Crippen LogP) is 4.04. The predicted molar refractivity (Wildman–Crippen MR) is 101 cm³/mol. The molecule has 2 heterocycles. The van der Waals surface area contributed by atoms with Crippen molar-refractivity contribution in [1.82, 2.24) is 10.2 Å². The zero-order valence-corrected chi connectivity index (χ0v) is 16.0. The highest BCUT2D eigenvalue weighted by Crippen LogP contribution is 2.26. The number of hydrogen-bond donors (Lipinski definition) is 1. The highest BCUT2D eigenvalue weighted by Gasteiger charge is 2.32. The number of nitrogens with one attached hydrogen (secondary N) is 1. The second-order valence-electron chi connectivity index (χ2n) is 7.05. The van der Waals surface area contributed by atoms with Crippen molar-refractivity contribution in [3.8, 4) is 5.75 Å². The van der Waals surface area contributed by atoms with Crippen LogP contribution in [-0.4, -0.2) is 36.0 Å². The number of likely N-dealkylation sites (tertiary alicyclic amines) is 1. The Morgan fingerprint density at radius 1 is 1.27 bits per heavy atom. The fourth-order valence-electron chi connectivity index (χ4n) is 3.19. The number of amides is 1. The van der Waals surface area contributed by atoms with E-state index in [1.54, 1.807) is 44.4 Å². The summed E-state index contributed by atoms with van der Waals surface area (Å²) in [6.07, 6.45) is 4.03. The van der Waals surface area contributed by atoms with Crippen molar-refractivity contribution >= 4 is 17.5 Å². The number of rotatable bonds is 7. The molecule has 1 aliphatic rings. The number of carbonyl (C=O) groups excluding carboxylic acids is 1. The minimum atomic E-state index is -0.993. The molecule has 1 aromatic carbocycles. The average molecular weight is 377 g/mol. The van der Waals surface area contributed by atoms with E-state index in [4.69, 9.17) is 20.8 Å². The number of carbonyl (C=O) groups is 1. The van der Waals surface area contributed by atoms with E-state index in [2.05, 4.69) is 10.2 Å². The van der Waals surface area contributed by atoms with Crippen molar-refractivity contribution in [2.24, 2.45) is 0 Å². The van der Waals surface area contributed by atoms with Crippen molar-refractivity contribution in [1.29, 1.82) is 0 Å². The maximum Gasteiger partial charge on any atom is 0.263 e. The maximum atomic E-state index is 12.7. The van der Waals surface area contributed by atoms with Crippen molar-refractivity contribution in [2.45, 2.75) is 38.3 Å². The first-order valence-electron chi connectivity index (χ1n) is 8.96. The van der Waals surface area contributed by atoms with E-state index in [1.165, 1.54) is 12.8 Å². The lowest BCUT2D eigenvalue weighted by molar-refractivity contribution is -0.134. The Balaban J connectivity index is 1.62. The second-order valence-corrected chi connectivity index (χ2v) is 7.49. The monoisotopic (exact) mass is 376 g/mol. The molecule has 6 heteroatoms. The molecule has 0 spiro atoms. The molecule has 1 fully saturated rings. The summed E-state index contributed by atoms with van der Waals surface area (Å²) >= 11 is 5.89. The topological polar surface area (TPSA) is 54.7 Å². The third-order valence-electron chi connectivity index (χ3n) is 4.64. The summed E-state index contributed by atoms with van der Waals surface area (Å²) in [6.45, 7) is 6.04. The van der Waals surface area contributed by atoms with Crippen LogP contribution < -0.4 is 10.1 Å². The van der Waals surface area contributed by atoms with Crippen molar-refractivity contribution < 1.29 is 13.9 Å². The number of ether oxygens (including phenoxy) is 1. The Kier molecular flexibility index (Phi) is 5.89. The van der Waals surface area contributed by atoms with Gasteiger partial charge >= 0.3 is 0 Å². The molecule has 1 unspecified atom stereocenters. The maximum absolute atomic E-state index is 12.7. The van der Waals surface area contributed by atoms with Gasteiger partial charge in [0, 0.05) is 11.6 Å². The van der Waals surface area contributed by atoms with Crippen molar-refractivity contribution in [3.63, 3.8) is 0 Å². The van der Waals surface area contributed by atoms with E-state index >= 15 is 0 Å². The van der Waals surface area contributed by atoms with Gasteiger partial charge in [0.2, 0.25) is 0 Å². The lowest BCUT2D eigenvalue weighted by Gasteiger charge is -2.29. The first-order valence-corrected chi connectivity index (χ1v) is 9.34. The fraction of sp³-hybridized carbons (Fsp3) is 0.450. The molecule has 3 rings (SSSR count). The number of nitrogens with zero attached hydrogens (tertiary/aromatic N) is 1. The van der Waals surface area contributed by atoms with E-state index in [-0.39, 0.29) is 11.9 Å². The molecule has 2 aromatic rings. The van der Waals surface area contributed by atoms with Gasteiger partial charge in [0.05, 0.1) is 12.3 Å². The first-order chi connectivity index (χ1) is 12.5. The smallest absolute Gasteiger partial charge is 0.263 e. The molecule has 0 aliphatic carbocycles. The van der Waals surface area contributed by atoms with E-state index in [1.807, 2.05) is 12.1 Å². The molecule has 1 atom stereocenters. The lowest BCUT2D eigenvalue weighted by atomic mass is 10.1. The molecule has 26 heavy (non-hydrogen) atoms. The van der Waals surface area contributed by atoms with Gasteiger partial charge in [-0.2, -0.15) is 0 Å². The third-order valence-corrected chi connectivity index (χ3v) is 4.89. The Morgan fingerprint density at radius 2 is 1.96 bits per heavy atom. The summed E-state index contributed by atoms with van der Waals surface area (Å²) in [5, 5.41) is 3.66. The van der Waals surface area contributed by atoms with Crippen LogP contribution in [-0.2, 0) is 4.79 Å². The Labute approximate surface area is 159 Å². The molecular weight excluding hydrogens is 352 g/mol. The Bertz CT molecular complexity index is 707. The third kappa shape index (κ3) is 4.59. The first kappa shape index (κ1) is 18.8. The molecule has 0 bridgehead atoms. The molecule has 1 amide bonds. The van der Waals surface area contributed by atoms with Crippen LogP contribution in [0, 0.1) is 0 Å². The largest absolute Gasteiger partial charge is 0.478 e. The van der Waals surface area contributed by atoms with Gasteiger partial charge in [0.15, 0.2) is 5.60 Å². The molecule has 1 aliphatic heterocycles. The van der Waals surface area contributed by atoms with Gasteiger partial charge in [-0.05, 0) is 76.2 Å². The normalized spacial score (nSPS) is 16.4. The fourth-order valence-corrected chi connectivity index (χ4v) is 3.32. The quantitative estimate of drug-likeness (QED) is 0.792. The van der Waals surface area contributed by atoms with Crippen molar-refractivity contribution in [3.05, 3.63) is 53.4 Å². The van der Waals surface area contributed by atoms with Crippen LogP contribution in [0.1, 0.15) is 38.5 Å². The van der Waals surface area contributed by atoms with Gasteiger partial charge in [-0.1, -0.05) is 11.6 Å². The molecule has 1 aromatic heterocycles. The summed E-state index contributed by atoms with van der Waals surface area (Å²) < 4.78 is 11.5. The molecule has 0 saturated carbocycles. The van der Waals surface area contributed by atoms with Crippen molar-refractivity contribution in [2.75, 3.05) is 19.6 Å². The van der Waals surface area contributed by atoms with Gasteiger partial charge in [-0.3, -0.25) is 9.69 Å². The molecular formula is C20H25ClN2O3. The molecule has 1 N–H and O–H groups in total. The summed E-state index contributed by atoms with van der Waals surface area (Å²) in [6, 6.07) is 10.9. The van der Waals surface area contributed by atoms with Crippen LogP contribution in [0.25, 0.3) is 0 Å². The molecule has 1 saturated heterocycles. The van der Waals surface area contributed by atoms with Crippen LogP contribution in [0.2, 0.25) is 5.02 Å². The van der Waals surface area contributed by atoms with Gasteiger partial charge in [-0.15, -0.1) is 0 Å². The standard InChI is InChI=1S/C20H25ClN2O3/c1-20(2,26-16-9-7-15(21)8-10-16)19(24)22-14-17(18-6-5-13-25-18)23-11-3-4-12-23/h5-10,13,17H,3-4,11-12,14H2,1-2H3,(H,22,24). The van der Waals surface area contributed by atoms with Gasteiger partial charge in [0.25, 0.3) is 5.91 Å². The summed E-state index contributed by atoms with van der Waals surface area (Å²) in [4.78, 5) is 15.1. The van der Waals surface area contributed by atoms with Gasteiger partial charge < -0.3 is 14.5 Å². The van der Waals surface area contributed by atoms with E-state index < -0.39 is 5.60 Å². The van der Waals surface area contributed by atoms with Crippen LogP contribution in [0.5, 0.6) is 5.75 Å². The lowest BCUT2D eigenvalue weighted by Crippen LogP contribution is -2.48. The number of benzene rings is 1. The summed E-state index contributed by atoms with van der Waals surface area (Å²) in [5.74, 6) is 1.32. The minimum absolute atomic E-state index is 0.0442. The summed E-state index contributed by atoms with van der Waals surface area (Å²) in [5.41, 5.74) is -0.993.